The molecule has 1 aliphatic heterocycles. The van der Waals surface area contributed by atoms with Gasteiger partial charge in [0, 0.05) is 37.8 Å². The van der Waals surface area contributed by atoms with Gasteiger partial charge >= 0.3 is 0 Å². The molecule has 0 bridgehead atoms. The molecule has 2 aromatic heterocycles. The molecule has 0 spiro atoms. The summed E-state index contributed by atoms with van der Waals surface area (Å²) in [5, 5.41) is 20.5. The van der Waals surface area contributed by atoms with E-state index < -0.39 is 5.60 Å². The lowest BCUT2D eigenvalue weighted by Crippen LogP contribution is -2.53. The summed E-state index contributed by atoms with van der Waals surface area (Å²) in [4.78, 5) is 32.8. The molecule has 0 atom stereocenters. The average molecular weight is 407 g/mol. The summed E-state index contributed by atoms with van der Waals surface area (Å²) in [6, 6.07) is 10.3. The number of piperazine rings is 1. The van der Waals surface area contributed by atoms with Crippen molar-refractivity contribution >= 4 is 22.9 Å². The Morgan fingerprint density at radius 3 is 2.43 bits per heavy atom. The van der Waals surface area contributed by atoms with Crippen LogP contribution in [0.15, 0.2) is 47.1 Å². The maximum Gasteiger partial charge on any atom is 0.257 e. The molecule has 2 aliphatic rings. The van der Waals surface area contributed by atoms with Crippen LogP contribution in [0.3, 0.4) is 0 Å². The first-order chi connectivity index (χ1) is 14.4. The smallest absolute Gasteiger partial charge is 0.257 e. The molecule has 2 N–H and O–H groups in total. The van der Waals surface area contributed by atoms with E-state index in [4.69, 9.17) is 4.42 Å². The number of fused-ring (bicyclic) bond motifs is 1. The van der Waals surface area contributed by atoms with Crippen molar-refractivity contribution in [3.05, 3.63) is 48.2 Å². The molecule has 2 amide bonds. The Bertz CT molecular complexity index is 1140. The normalized spacial score (nSPS) is 17.9. The number of pyridine rings is 1. The van der Waals surface area contributed by atoms with Crippen molar-refractivity contribution in [3.63, 3.8) is 0 Å². The lowest BCUT2D eigenvalue weighted by Gasteiger charge is -2.35. The third-order valence-electron chi connectivity index (χ3n) is 5.81. The molecule has 8 heteroatoms. The van der Waals surface area contributed by atoms with Crippen LogP contribution in [-0.2, 0) is 4.79 Å². The van der Waals surface area contributed by atoms with Crippen LogP contribution in [0.4, 0.5) is 0 Å². The van der Waals surface area contributed by atoms with Gasteiger partial charge in [-0.15, -0.1) is 0 Å². The predicted octanol–water partition coefficient (Wildman–Crippen LogP) is 2.01. The number of nitrogens with zero attached hydrogens (tertiary/aromatic N) is 3. The second kappa shape index (κ2) is 6.84. The second-order valence-corrected chi connectivity index (χ2v) is 7.85. The van der Waals surface area contributed by atoms with E-state index in [9.17, 15) is 19.8 Å². The fourth-order valence-electron chi connectivity index (χ4n) is 3.80. The van der Waals surface area contributed by atoms with Gasteiger partial charge in [-0.05, 0) is 37.1 Å². The first-order valence-corrected chi connectivity index (χ1v) is 9.93. The third kappa shape index (κ3) is 3.19. The fourth-order valence-corrected chi connectivity index (χ4v) is 3.80. The van der Waals surface area contributed by atoms with Crippen molar-refractivity contribution in [2.75, 3.05) is 26.2 Å². The number of phenols is 1. The number of hydrogen-bond acceptors (Lipinski definition) is 6. The summed E-state index contributed by atoms with van der Waals surface area (Å²) in [5.74, 6) is -0.643. The molecule has 0 unspecified atom stereocenters. The van der Waals surface area contributed by atoms with Gasteiger partial charge in [-0.25, -0.2) is 4.98 Å². The number of furan rings is 1. The van der Waals surface area contributed by atoms with Crippen molar-refractivity contribution < 1.29 is 24.2 Å². The SMILES string of the molecule is O=C(c1ccc(-c2ccc3occc3n2)cc1O)N1CCN(C(=O)C2(O)CC2)CC1. The van der Waals surface area contributed by atoms with E-state index in [-0.39, 0.29) is 23.1 Å². The Morgan fingerprint density at radius 1 is 1.00 bits per heavy atom. The molecular formula is C22H21N3O5. The summed E-state index contributed by atoms with van der Waals surface area (Å²) in [6.07, 6.45) is 2.58. The maximum absolute atomic E-state index is 12.9. The molecule has 154 valence electrons. The van der Waals surface area contributed by atoms with Crippen LogP contribution >= 0.6 is 0 Å². The molecule has 0 radical (unpaired) electrons. The maximum atomic E-state index is 12.9. The summed E-state index contributed by atoms with van der Waals surface area (Å²) >= 11 is 0. The number of benzene rings is 1. The van der Waals surface area contributed by atoms with Crippen molar-refractivity contribution in [1.29, 1.82) is 0 Å². The molecule has 8 nitrogen and oxygen atoms in total. The van der Waals surface area contributed by atoms with E-state index in [1.54, 1.807) is 40.3 Å². The minimum Gasteiger partial charge on any atom is -0.507 e. The van der Waals surface area contributed by atoms with Gasteiger partial charge in [-0.3, -0.25) is 9.59 Å². The highest BCUT2D eigenvalue weighted by molar-refractivity contribution is 5.98. The molecule has 30 heavy (non-hydrogen) atoms. The van der Waals surface area contributed by atoms with Crippen LogP contribution in [0.5, 0.6) is 5.75 Å². The number of rotatable bonds is 3. The highest BCUT2D eigenvalue weighted by Gasteiger charge is 2.50. The second-order valence-electron chi connectivity index (χ2n) is 7.85. The van der Waals surface area contributed by atoms with E-state index in [0.29, 0.717) is 55.9 Å². The van der Waals surface area contributed by atoms with Crippen LogP contribution in [0.1, 0.15) is 23.2 Å². The van der Waals surface area contributed by atoms with Gasteiger partial charge < -0.3 is 24.4 Å². The lowest BCUT2D eigenvalue weighted by atomic mass is 10.1. The van der Waals surface area contributed by atoms with E-state index >= 15 is 0 Å². The lowest BCUT2D eigenvalue weighted by molar-refractivity contribution is -0.143. The Balaban J connectivity index is 1.30. The minimum atomic E-state index is -1.19. The number of aliphatic hydroxyl groups is 1. The number of aromatic hydroxyl groups is 1. The Kier molecular flexibility index (Phi) is 4.25. The molecule has 1 aliphatic carbocycles. The predicted molar refractivity (Wildman–Crippen MR) is 108 cm³/mol. The number of carbonyl (C=O) groups is 2. The number of hydrogen-bond donors (Lipinski definition) is 2. The molecule has 1 saturated carbocycles. The quantitative estimate of drug-likeness (QED) is 0.688. The standard InChI is InChI=1S/C22H21N3O5/c26-18-13-14(16-3-4-19-17(23-16)5-12-30-19)1-2-15(18)20(27)24-8-10-25(11-9-24)21(28)22(29)6-7-22/h1-5,12-13,26,29H,6-11H2. The summed E-state index contributed by atoms with van der Waals surface area (Å²) in [7, 11) is 0. The minimum absolute atomic E-state index is 0.114. The summed E-state index contributed by atoms with van der Waals surface area (Å²) in [5.41, 5.74) is 1.79. The third-order valence-corrected chi connectivity index (χ3v) is 5.81. The van der Waals surface area contributed by atoms with Gasteiger partial charge in [0.05, 0.1) is 17.5 Å². The molecule has 3 heterocycles. The van der Waals surface area contributed by atoms with Gasteiger partial charge in [0.2, 0.25) is 0 Å². The zero-order valence-electron chi connectivity index (χ0n) is 16.2. The van der Waals surface area contributed by atoms with Crippen LogP contribution < -0.4 is 0 Å². The van der Waals surface area contributed by atoms with Crippen molar-refractivity contribution in [2.24, 2.45) is 0 Å². The van der Waals surface area contributed by atoms with Gasteiger partial charge in [0.1, 0.15) is 16.9 Å². The first kappa shape index (κ1) is 18.6. The van der Waals surface area contributed by atoms with E-state index in [0.717, 1.165) is 5.52 Å². The molecular weight excluding hydrogens is 386 g/mol. The van der Waals surface area contributed by atoms with E-state index in [1.807, 2.05) is 6.07 Å². The highest BCUT2D eigenvalue weighted by Crippen LogP contribution is 2.37. The molecule has 3 aromatic rings. The molecule has 1 aromatic carbocycles. The van der Waals surface area contributed by atoms with Gasteiger partial charge in [-0.2, -0.15) is 0 Å². The molecule has 2 fully saturated rings. The zero-order valence-corrected chi connectivity index (χ0v) is 16.2. The Morgan fingerprint density at radius 2 is 1.73 bits per heavy atom. The van der Waals surface area contributed by atoms with Gasteiger partial charge in [0.25, 0.3) is 11.8 Å². The fraction of sp³-hybridized carbons (Fsp3) is 0.318. The van der Waals surface area contributed by atoms with Crippen LogP contribution in [0, 0.1) is 0 Å². The monoisotopic (exact) mass is 407 g/mol. The molecule has 1 saturated heterocycles. The van der Waals surface area contributed by atoms with Gasteiger partial charge in [0.15, 0.2) is 5.58 Å². The van der Waals surface area contributed by atoms with Crippen LogP contribution in [0.2, 0.25) is 0 Å². The average Bonchev–Trinajstić information content (AvgIpc) is 3.34. The van der Waals surface area contributed by atoms with Gasteiger partial charge in [-0.1, -0.05) is 6.07 Å². The number of phenolic OH excluding ortho intramolecular Hbond substituents is 1. The number of aromatic nitrogens is 1. The molecule has 5 rings (SSSR count). The van der Waals surface area contributed by atoms with Crippen molar-refractivity contribution in [3.8, 4) is 17.0 Å². The summed E-state index contributed by atoms with van der Waals surface area (Å²) in [6.45, 7) is 1.47. The summed E-state index contributed by atoms with van der Waals surface area (Å²) < 4.78 is 5.29. The number of amides is 2. The van der Waals surface area contributed by atoms with Crippen molar-refractivity contribution in [2.45, 2.75) is 18.4 Å². The van der Waals surface area contributed by atoms with E-state index in [1.165, 1.54) is 6.07 Å². The Labute approximate surface area is 172 Å². The van der Waals surface area contributed by atoms with Crippen molar-refractivity contribution in [1.82, 2.24) is 14.8 Å². The van der Waals surface area contributed by atoms with E-state index in [2.05, 4.69) is 4.98 Å². The van der Waals surface area contributed by atoms with Crippen LogP contribution in [-0.4, -0.2) is 68.6 Å². The Hall–Kier alpha value is -3.39. The first-order valence-electron chi connectivity index (χ1n) is 9.93. The topological polar surface area (TPSA) is 107 Å². The number of carbonyl (C=O) groups excluding carboxylic acids is 2. The van der Waals surface area contributed by atoms with Crippen LogP contribution in [0.25, 0.3) is 22.4 Å². The highest BCUT2D eigenvalue weighted by atomic mass is 16.3. The largest absolute Gasteiger partial charge is 0.507 e. The zero-order chi connectivity index (χ0) is 20.9.